The molecule has 156 valence electrons. The van der Waals surface area contributed by atoms with Gasteiger partial charge in [0.25, 0.3) is 5.91 Å². The summed E-state index contributed by atoms with van der Waals surface area (Å²) in [5.41, 5.74) is 1.49. The van der Waals surface area contributed by atoms with Gasteiger partial charge in [-0.1, -0.05) is 19.8 Å². The molecule has 0 bridgehead atoms. The van der Waals surface area contributed by atoms with Crippen molar-refractivity contribution in [2.75, 3.05) is 7.11 Å². The highest BCUT2D eigenvalue weighted by atomic mass is 32.1. The predicted molar refractivity (Wildman–Crippen MR) is 113 cm³/mol. The van der Waals surface area contributed by atoms with Crippen molar-refractivity contribution in [1.82, 2.24) is 10.3 Å². The van der Waals surface area contributed by atoms with Gasteiger partial charge in [-0.3, -0.25) is 4.79 Å². The summed E-state index contributed by atoms with van der Waals surface area (Å²) in [6.45, 7) is 5.54. The summed E-state index contributed by atoms with van der Waals surface area (Å²) in [4.78, 5) is 30.0. The van der Waals surface area contributed by atoms with Gasteiger partial charge in [-0.25, -0.2) is 9.78 Å². The maximum absolute atomic E-state index is 12.6. The van der Waals surface area contributed by atoms with Gasteiger partial charge >= 0.3 is 5.97 Å². The third-order valence-corrected chi connectivity index (χ3v) is 6.60. The lowest BCUT2D eigenvalue weighted by molar-refractivity contribution is -0.130. The molecule has 1 aliphatic rings. The smallest absolute Gasteiger partial charge is 0.351 e. The van der Waals surface area contributed by atoms with Crippen molar-refractivity contribution in [3.63, 3.8) is 0 Å². The van der Waals surface area contributed by atoms with Crippen molar-refractivity contribution >= 4 is 23.2 Å². The second-order valence-electron chi connectivity index (χ2n) is 7.59. The molecule has 7 heteroatoms. The van der Waals surface area contributed by atoms with Crippen molar-refractivity contribution in [3.05, 3.63) is 34.8 Å². The number of amides is 1. The van der Waals surface area contributed by atoms with Crippen LogP contribution in [0.1, 0.15) is 54.9 Å². The average Bonchev–Trinajstić information content (AvgIpc) is 3.11. The third kappa shape index (κ3) is 5.15. The fourth-order valence-electron chi connectivity index (χ4n) is 3.54. The van der Waals surface area contributed by atoms with Crippen LogP contribution in [0.3, 0.4) is 0 Å². The van der Waals surface area contributed by atoms with Crippen LogP contribution in [0, 0.1) is 12.8 Å². The fourth-order valence-corrected chi connectivity index (χ4v) is 4.50. The number of carbonyl (C=O) groups excluding carboxylic acids is 2. The average molecular weight is 417 g/mol. The summed E-state index contributed by atoms with van der Waals surface area (Å²) in [5, 5.41) is 3.77. The summed E-state index contributed by atoms with van der Waals surface area (Å²) >= 11 is 1.27. The number of aromatic nitrogens is 1. The highest BCUT2D eigenvalue weighted by Crippen LogP contribution is 2.30. The molecular formula is C22H28N2O4S. The lowest BCUT2D eigenvalue weighted by Gasteiger charge is -2.30. The van der Waals surface area contributed by atoms with Crippen LogP contribution in [0.2, 0.25) is 0 Å². The molecule has 2 aromatic rings. The van der Waals surface area contributed by atoms with Crippen LogP contribution < -0.4 is 10.1 Å². The van der Waals surface area contributed by atoms with Crippen LogP contribution in [0.5, 0.6) is 5.75 Å². The molecule has 0 radical (unpaired) electrons. The highest BCUT2D eigenvalue weighted by Gasteiger charge is 2.27. The van der Waals surface area contributed by atoms with Gasteiger partial charge in [0.1, 0.15) is 15.6 Å². The summed E-state index contributed by atoms with van der Waals surface area (Å²) in [6, 6.07) is 7.65. The van der Waals surface area contributed by atoms with Gasteiger partial charge in [0.2, 0.25) is 0 Å². The van der Waals surface area contributed by atoms with Crippen LogP contribution in [0.25, 0.3) is 10.6 Å². The first-order valence-electron chi connectivity index (χ1n) is 10.0. The lowest BCUT2D eigenvalue weighted by atomic mass is 9.86. The molecule has 3 rings (SSSR count). The number of methoxy groups -OCH3 is 1. The number of hydrogen-bond donors (Lipinski definition) is 1. The topological polar surface area (TPSA) is 77.5 Å². The molecule has 1 saturated carbocycles. The summed E-state index contributed by atoms with van der Waals surface area (Å²) < 4.78 is 10.6. The van der Waals surface area contributed by atoms with E-state index in [-0.39, 0.29) is 11.9 Å². The standard InChI is InChI=1S/C22H28N2O4S/c1-13-7-5-6-8-18(13)24-20(25)15(3)28-22(26)19-14(2)23-21(29-19)16-9-11-17(27-4)12-10-16/h9-13,15,18H,5-8H2,1-4H3,(H,24,25)/t13-,15-,18-/m0/s1. The summed E-state index contributed by atoms with van der Waals surface area (Å²) in [5.74, 6) is 0.453. The molecule has 0 unspecified atom stereocenters. The Balaban J connectivity index is 1.63. The Hall–Kier alpha value is -2.41. The van der Waals surface area contributed by atoms with E-state index < -0.39 is 12.1 Å². The lowest BCUT2D eigenvalue weighted by Crippen LogP contribution is -2.45. The monoisotopic (exact) mass is 416 g/mol. The first-order valence-corrected chi connectivity index (χ1v) is 10.8. The van der Waals surface area contributed by atoms with E-state index >= 15 is 0 Å². The highest BCUT2D eigenvalue weighted by molar-refractivity contribution is 7.17. The first kappa shape index (κ1) is 21.3. The second-order valence-corrected chi connectivity index (χ2v) is 8.59. The van der Waals surface area contributed by atoms with Gasteiger partial charge in [-0.15, -0.1) is 11.3 Å². The van der Waals surface area contributed by atoms with Crippen LogP contribution in [-0.2, 0) is 9.53 Å². The SMILES string of the molecule is COc1ccc(-c2nc(C)c(C(=O)O[C@@H](C)C(=O)N[C@H]3CCCC[C@@H]3C)s2)cc1. The Morgan fingerprint density at radius 1 is 1.21 bits per heavy atom. The molecule has 1 amide bonds. The predicted octanol–water partition coefficient (Wildman–Crippen LogP) is 4.37. The van der Waals surface area contributed by atoms with Gasteiger partial charge in [0, 0.05) is 11.6 Å². The molecule has 1 heterocycles. The van der Waals surface area contributed by atoms with Crippen molar-refractivity contribution in [3.8, 4) is 16.3 Å². The van der Waals surface area contributed by atoms with E-state index in [0.29, 0.717) is 16.5 Å². The van der Waals surface area contributed by atoms with E-state index in [1.165, 1.54) is 17.8 Å². The first-order chi connectivity index (χ1) is 13.9. The van der Waals surface area contributed by atoms with E-state index in [1.807, 2.05) is 24.3 Å². The molecule has 1 aromatic heterocycles. The van der Waals surface area contributed by atoms with Crippen molar-refractivity contribution in [2.45, 2.75) is 58.6 Å². The van der Waals surface area contributed by atoms with E-state index in [9.17, 15) is 9.59 Å². The van der Waals surface area contributed by atoms with Gasteiger partial charge in [-0.2, -0.15) is 0 Å². The Labute approximate surface area is 175 Å². The normalized spacial score (nSPS) is 20.0. The molecule has 1 N–H and O–H groups in total. The molecule has 0 saturated heterocycles. The summed E-state index contributed by atoms with van der Waals surface area (Å²) in [6.07, 6.45) is 3.58. The van der Waals surface area contributed by atoms with E-state index in [4.69, 9.17) is 9.47 Å². The van der Waals surface area contributed by atoms with E-state index in [1.54, 1.807) is 21.0 Å². The Morgan fingerprint density at radius 3 is 2.55 bits per heavy atom. The molecule has 1 fully saturated rings. The van der Waals surface area contributed by atoms with Gasteiger partial charge in [0.15, 0.2) is 6.10 Å². The van der Waals surface area contributed by atoms with Crippen molar-refractivity contribution in [1.29, 1.82) is 0 Å². The number of nitrogens with zero attached hydrogens (tertiary/aromatic N) is 1. The number of hydrogen-bond acceptors (Lipinski definition) is 6. The van der Waals surface area contributed by atoms with Crippen LogP contribution >= 0.6 is 11.3 Å². The van der Waals surface area contributed by atoms with Crippen molar-refractivity contribution in [2.24, 2.45) is 5.92 Å². The number of aryl methyl sites for hydroxylation is 1. The largest absolute Gasteiger partial charge is 0.497 e. The summed E-state index contributed by atoms with van der Waals surface area (Å²) in [7, 11) is 1.61. The maximum Gasteiger partial charge on any atom is 0.351 e. The zero-order chi connectivity index (χ0) is 21.0. The quantitative estimate of drug-likeness (QED) is 0.708. The molecule has 3 atom stereocenters. The molecule has 1 aliphatic carbocycles. The zero-order valence-corrected chi connectivity index (χ0v) is 18.2. The third-order valence-electron chi connectivity index (χ3n) is 5.41. The Kier molecular flexibility index (Phi) is 6.90. The molecule has 29 heavy (non-hydrogen) atoms. The van der Waals surface area contributed by atoms with E-state index in [2.05, 4.69) is 17.2 Å². The molecular weight excluding hydrogens is 388 g/mol. The number of ether oxygens (including phenoxy) is 2. The number of nitrogens with one attached hydrogen (secondary N) is 1. The molecule has 0 spiro atoms. The number of benzene rings is 1. The maximum atomic E-state index is 12.6. The number of esters is 1. The minimum absolute atomic E-state index is 0.157. The fraction of sp³-hybridized carbons (Fsp3) is 0.500. The minimum Gasteiger partial charge on any atom is -0.497 e. The van der Waals surface area contributed by atoms with Crippen LogP contribution in [-0.4, -0.2) is 36.1 Å². The number of thiazole rings is 1. The number of rotatable bonds is 6. The minimum atomic E-state index is -0.845. The Bertz CT molecular complexity index is 862. The van der Waals surface area contributed by atoms with Gasteiger partial charge < -0.3 is 14.8 Å². The molecule has 0 aliphatic heterocycles. The zero-order valence-electron chi connectivity index (χ0n) is 17.4. The Morgan fingerprint density at radius 2 is 1.90 bits per heavy atom. The van der Waals surface area contributed by atoms with Crippen molar-refractivity contribution < 1.29 is 19.1 Å². The van der Waals surface area contributed by atoms with Crippen LogP contribution in [0.15, 0.2) is 24.3 Å². The molecule has 1 aromatic carbocycles. The second kappa shape index (κ2) is 9.39. The van der Waals surface area contributed by atoms with E-state index in [0.717, 1.165) is 35.6 Å². The van der Waals surface area contributed by atoms with Gasteiger partial charge in [-0.05, 0) is 56.9 Å². The number of carbonyl (C=O) groups is 2. The molecule has 6 nitrogen and oxygen atoms in total. The van der Waals surface area contributed by atoms with Crippen LogP contribution in [0.4, 0.5) is 0 Å². The van der Waals surface area contributed by atoms with Gasteiger partial charge in [0.05, 0.1) is 12.8 Å².